The van der Waals surface area contributed by atoms with E-state index in [1.807, 2.05) is 11.0 Å². The van der Waals surface area contributed by atoms with Crippen LogP contribution in [-0.2, 0) is 14.3 Å². The average molecular weight is 532 g/mol. The summed E-state index contributed by atoms with van der Waals surface area (Å²) < 4.78 is 69.4. The molecule has 2 aliphatic rings. The van der Waals surface area contributed by atoms with Gasteiger partial charge >= 0.3 is 24.3 Å². The number of ether oxygens (including phenoxy) is 1. The lowest BCUT2D eigenvalue weighted by atomic mass is 10.1. The third-order valence-electron chi connectivity index (χ3n) is 4.93. The van der Waals surface area contributed by atoms with Gasteiger partial charge in [-0.2, -0.15) is 26.3 Å². The first kappa shape index (κ1) is 31.1. The fraction of sp³-hybridized carbons (Fsp3) is 0.600. The highest BCUT2D eigenvalue weighted by atomic mass is 19.4. The molecule has 3 rings (SSSR count). The van der Waals surface area contributed by atoms with Crippen LogP contribution in [0.5, 0.6) is 0 Å². The Balaban J connectivity index is 0.000000383. The van der Waals surface area contributed by atoms with Crippen molar-refractivity contribution in [2.45, 2.75) is 24.5 Å². The molecule has 0 aromatic carbocycles. The van der Waals surface area contributed by atoms with E-state index in [4.69, 9.17) is 24.5 Å². The number of rotatable bonds is 4. The smallest absolute Gasteiger partial charge is 0.475 e. The lowest BCUT2D eigenvalue weighted by Gasteiger charge is -2.37. The maximum absolute atomic E-state index is 12.6. The molecule has 1 aromatic rings. The maximum atomic E-state index is 12.6. The summed E-state index contributed by atoms with van der Waals surface area (Å²) >= 11 is 0. The third-order valence-corrected chi connectivity index (χ3v) is 4.93. The van der Waals surface area contributed by atoms with Crippen molar-refractivity contribution < 1.29 is 55.7 Å². The van der Waals surface area contributed by atoms with Gasteiger partial charge in [0.2, 0.25) is 0 Å². The van der Waals surface area contributed by atoms with Gasteiger partial charge in [-0.15, -0.1) is 0 Å². The Morgan fingerprint density at radius 1 is 1.08 bits per heavy atom. The molecule has 0 saturated carbocycles. The minimum Gasteiger partial charge on any atom is -0.475 e. The SMILES string of the molecule is CN(C)CCN1CCO[C@H]2CN(C(=O)c3cccnc3)C[C@H]21.O=C(O)C(F)(F)F.O=C(O)C(F)(F)F. The zero-order chi connectivity index (χ0) is 27.7. The van der Waals surface area contributed by atoms with Crippen LogP contribution in [0.3, 0.4) is 0 Å². The van der Waals surface area contributed by atoms with Crippen LogP contribution >= 0.6 is 0 Å². The van der Waals surface area contributed by atoms with E-state index in [1.54, 1.807) is 18.5 Å². The van der Waals surface area contributed by atoms with E-state index in [0.717, 1.165) is 32.8 Å². The first-order chi connectivity index (χ1) is 16.5. The maximum Gasteiger partial charge on any atom is 0.490 e. The van der Waals surface area contributed by atoms with Gasteiger partial charge in [0.05, 0.1) is 24.3 Å². The number of pyridine rings is 1. The van der Waals surface area contributed by atoms with Crippen molar-refractivity contribution in [1.82, 2.24) is 19.7 Å². The van der Waals surface area contributed by atoms with Gasteiger partial charge < -0.3 is 24.7 Å². The molecule has 0 unspecified atom stereocenters. The summed E-state index contributed by atoms with van der Waals surface area (Å²) in [5, 5.41) is 14.2. The molecule has 3 heterocycles. The predicted octanol–water partition coefficient (Wildman–Crippen LogP) is 1.44. The Morgan fingerprint density at radius 2 is 1.64 bits per heavy atom. The van der Waals surface area contributed by atoms with Crippen molar-refractivity contribution >= 4 is 17.8 Å². The molecule has 1 aromatic heterocycles. The molecule has 0 bridgehead atoms. The molecule has 16 heteroatoms. The van der Waals surface area contributed by atoms with Crippen LogP contribution < -0.4 is 0 Å². The van der Waals surface area contributed by atoms with Gasteiger partial charge in [-0.1, -0.05) is 0 Å². The predicted molar refractivity (Wildman–Crippen MR) is 111 cm³/mol. The number of carbonyl (C=O) groups excluding carboxylic acids is 1. The summed E-state index contributed by atoms with van der Waals surface area (Å²) in [6, 6.07) is 3.94. The zero-order valence-corrected chi connectivity index (χ0v) is 19.3. The van der Waals surface area contributed by atoms with E-state index in [9.17, 15) is 31.1 Å². The molecule has 36 heavy (non-hydrogen) atoms. The Morgan fingerprint density at radius 3 is 2.08 bits per heavy atom. The molecule has 0 radical (unpaired) electrons. The van der Waals surface area contributed by atoms with E-state index < -0.39 is 24.3 Å². The highest BCUT2D eigenvalue weighted by Gasteiger charge is 2.42. The van der Waals surface area contributed by atoms with Crippen LogP contribution in [0.4, 0.5) is 26.3 Å². The summed E-state index contributed by atoms with van der Waals surface area (Å²) in [6.45, 7) is 5.17. The van der Waals surface area contributed by atoms with Crippen molar-refractivity contribution in [2.24, 2.45) is 0 Å². The molecule has 2 saturated heterocycles. The second-order valence-electron chi connectivity index (χ2n) is 7.87. The number of carbonyl (C=O) groups is 3. The topological polar surface area (TPSA) is 124 Å². The number of amides is 1. The number of likely N-dealkylation sites (N-methyl/N-ethyl adjacent to an activating group) is 1. The highest BCUT2D eigenvalue weighted by Crippen LogP contribution is 2.24. The quantitative estimate of drug-likeness (QED) is 0.555. The third kappa shape index (κ3) is 10.3. The van der Waals surface area contributed by atoms with E-state index >= 15 is 0 Å². The number of carboxylic acids is 2. The van der Waals surface area contributed by atoms with Crippen LogP contribution in [0, 0.1) is 0 Å². The monoisotopic (exact) mass is 532 g/mol. The van der Waals surface area contributed by atoms with E-state index in [0.29, 0.717) is 18.2 Å². The number of likely N-dealkylation sites (tertiary alicyclic amines) is 1. The number of aliphatic carboxylic acids is 2. The van der Waals surface area contributed by atoms with Gasteiger partial charge in [0, 0.05) is 45.1 Å². The van der Waals surface area contributed by atoms with E-state index in [-0.39, 0.29) is 12.0 Å². The summed E-state index contributed by atoms with van der Waals surface area (Å²) in [7, 11) is 4.18. The Hall–Kier alpha value is -2.98. The lowest BCUT2D eigenvalue weighted by Crippen LogP contribution is -2.52. The van der Waals surface area contributed by atoms with Gasteiger partial charge in [-0.3, -0.25) is 14.7 Å². The largest absolute Gasteiger partial charge is 0.490 e. The van der Waals surface area contributed by atoms with Crippen LogP contribution in [0.2, 0.25) is 0 Å². The van der Waals surface area contributed by atoms with Crippen LogP contribution in [-0.4, -0.2) is 126 Å². The Bertz CT molecular complexity index is 844. The van der Waals surface area contributed by atoms with Crippen LogP contribution in [0.15, 0.2) is 24.5 Å². The number of fused-ring (bicyclic) bond motifs is 1. The number of hydrogen-bond acceptors (Lipinski definition) is 7. The number of halogens is 6. The fourth-order valence-corrected chi connectivity index (χ4v) is 3.20. The number of alkyl halides is 6. The normalized spacial score (nSPS) is 20.0. The molecule has 1 amide bonds. The number of carboxylic acid groups (broad SMARTS) is 2. The second-order valence-corrected chi connectivity index (χ2v) is 7.87. The molecule has 204 valence electrons. The first-order valence-corrected chi connectivity index (χ1v) is 10.3. The van der Waals surface area contributed by atoms with Crippen LogP contribution in [0.25, 0.3) is 0 Å². The van der Waals surface area contributed by atoms with Gasteiger partial charge in [0.1, 0.15) is 0 Å². The minimum atomic E-state index is -5.08. The molecule has 2 aliphatic heterocycles. The summed E-state index contributed by atoms with van der Waals surface area (Å²) in [5.74, 6) is -5.46. The Labute approximate surface area is 202 Å². The minimum absolute atomic E-state index is 0.0543. The first-order valence-electron chi connectivity index (χ1n) is 10.3. The van der Waals surface area contributed by atoms with E-state index in [1.165, 1.54) is 0 Å². The summed E-state index contributed by atoms with van der Waals surface area (Å²) in [5.41, 5.74) is 0.654. The number of nitrogens with zero attached hydrogens (tertiary/aromatic N) is 4. The highest BCUT2D eigenvalue weighted by molar-refractivity contribution is 5.94. The molecule has 10 nitrogen and oxygen atoms in total. The van der Waals surface area contributed by atoms with Crippen molar-refractivity contribution in [3.8, 4) is 0 Å². The molecular formula is C20H26F6N4O6. The molecule has 0 aliphatic carbocycles. The summed E-state index contributed by atoms with van der Waals surface area (Å²) in [4.78, 5) is 41.0. The molecule has 2 fully saturated rings. The molecule has 0 spiro atoms. The summed E-state index contributed by atoms with van der Waals surface area (Å²) in [6.07, 6.45) is -6.71. The number of aromatic nitrogens is 1. The lowest BCUT2D eigenvalue weighted by molar-refractivity contribution is -0.193. The van der Waals surface area contributed by atoms with Crippen molar-refractivity contribution in [2.75, 3.05) is 53.4 Å². The Kier molecular flexibility index (Phi) is 11.5. The number of hydrogen-bond donors (Lipinski definition) is 2. The fourth-order valence-electron chi connectivity index (χ4n) is 3.20. The van der Waals surface area contributed by atoms with Crippen molar-refractivity contribution in [3.05, 3.63) is 30.1 Å². The van der Waals surface area contributed by atoms with Crippen molar-refractivity contribution in [3.63, 3.8) is 0 Å². The molecule has 2 atom stereocenters. The average Bonchev–Trinajstić information content (AvgIpc) is 3.22. The zero-order valence-electron chi connectivity index (χ0n) is 19.3. The van der Waals surface area contributed by atoms with Gasteiger partial charge in [0.15, 0.2) is 0 Å². The van der Waals surface area contributed by atoms with Gasteiger partial charge in [-0.25, -0.2) is 9.59 Å². The standard InChI is InChI=1S/C16H24N4O2.2C2HF3O2/c1-18(2)6-7-19-8-9-22-15-12-20(11-14(15)19)16(21)13-4-3-5-17-10-13;2*3-2(4,5)1(6)7/h3-5,10,14-15H,6-9,11-12H2,1-2H3;2*(H,6,7)/t14-,15+;;/m1../s1. The van der Waals surface area contributed by atoms with Gasteiger partial charge in [-0.05, 0) is 26.2 Å². The van der Waals surface area contributed by atoms with Crippen molar-refractivity contribution in [1.29, 1.82) is 0 Å². The van der Waals surface area contributed by atoms with Crippen LogP contribution in [0.1, 0.15) is 10.4 Å². The number of morpholine rings is 1. The van der Waals surface area contributed by atoms with Gasteiger partial charge in [0.25, 0.3) is 5.91 Å². The molecular weight excluding hydrogens is 506 g/mol. The van der Waals surface area contributed by atoms with E-state index in [2.05, 4.69) is 28.9 Å². The molecule has 2 N–H and O–H groups in total. The second kappa shape index (κ2) is 13.4.